The molecule has 1 amide bonds. The SMILES string of the molecule is COc1ccc2c(c1)CCc1c-2c2c(c3c1N(CCO)C1C=CC(N)=CC31)CNC2=O. The van der Waals surface area contributed by atoms with E-state index in [0.717, 1.165) is 46.5 Å². The number of hydrogen-bond acceptors (Lipinski definition) is 5. The van der Waals surface area contributed by atoms with Crippen LogP contribution in [0, 0.1) is 0 Å². The Balaban J connectivity index is 1.67. The van der Waals surface area contributed by atoms with Gasteiger partial charge in [-0.2, -0.15) is 0 Å². The maximum absolute atomic E-state index is 13.1. The number of rotatable bonds is 3. The van der Waals surface area contributed by atoms with Gasteiger partial charge in [0.1, 0.15) is 5.75 Å². The highest BCUT2D eigenvalue weighted by Gasteiger charge is 2.45. The average molecular weight is 415 g/mol. The number of aliphatic hydroxyl groups is 1. The fraction of sp³-hybridized carbons (Fsp3) is 0.320. The van der Waals surface area contributed by atoms with Crippen LogP contribution in [-0.2, 0) is 19.4 Å². The molecule has 2 aliphatic carbocycles. The van der Waals surface area contributed by atoms with Crippen molar-refractivity contribution in [2.75, 3.05) is 25.2 Å². The minimum absolute atomic E-state index is 0.00169. The molecule has 158 valence electrons. The van der Waals surface area contributed by atoms with Gasteiger partial charge in [-0.1, -0.05) is 18.2 Å². The number of carbonyl (C=O) groups is 1. The Kier molecular flexibility index (Phi) is 3.96. The van der Waals surface area contributed by atoms with Crippen LogP contribution in [0.25, 0.3) is 11.1 Å². The number of aliphatic hydroxyl groups excluding tert-OH is 1. The first-order valence-corrected chi connectivity index (χ1v) is 10.8. The number of hydrogen-bond donors (Lipinski definition) is 3. The zero-order valence-electron chi connectivity index (χ0n) is 17.4. The molecule has 0 spiro atoms. The zero-order chi connectivity index (χ0) is 21.3. The van der Waals surface area contributed by atoms with Crippen LogP contribution in [0.5, 0.6) is 5.75 Å². The van der Waals surface area contributed by atoms with Crippen molar-refractivity contribution >= 4 is 11.6 Å². The number of nitrogens with zero attached hydrogens (tertiary/aromatic N) is 1. The van der Waals surface area contributed by atoms with Crippen molar-refractivity contribution < 1.29 is 14.6 Å². The standard InChI is InChI=1S/C25H25N3O3/c1-31-15-4-6-16-13(10-15)2-5-17-21(16)23-19(12-27-25(23)30)22-18-11-14(26)3-7-20(18)28(8-9-29)24(17)22/h3-4,6-7,10-11,18,20,29H,2,5,8-9,12,26H2,1H3,(H,27,30). The van der Waals surface area contributed by atoms with E-state index in [2.05, 4.69) is 34.5 Å². The zero-order valence-corrected chi connectivity index (χ0v) is 17.4. The first kappa shape index (κ1) is 18.5. The van der Waals surface area contributed by atoms with E-state index in [1.807, 2.05) is 12.1 Å². The van der Waals surface area contributed by atoms with E-state index in [9.17, 15) is 9.90 Å². The van der Waals surface area contributed by atoms with E-state index < -0.39 is 0 Å². The third-order valence-corrected chi connectivity index (χ3v) is 7.15. The largest absolute Gasteiger partial charge is 0.497 e. The summed E-state index contributed by atoms with van der Waals surface area (Å²) in [5.41, 5.74) is 15.8. The maximum Gasteiger partial charge on any atom is 0.252 e. The quantitative estimate of drug-likeness (QED) is 0.717. The molecule has 2 aromatic rings. The monoisotopic (exact) mass is 415 g/mol. The number of allylic oxidation sites excluding steroid dienone is 1. The molecular weight excluding hydrogens is 390 g/mol. The number of ether oxygens (including phenoxy) is 1. The summed E-state index contributed by atoms with van der Waals surface area (Å²) in [6.45, 7) is 1.16. The number of fused-ring (bicyclic) bond motifs is 10. The molecule has 0 radical (unpaired) electrons. The molecule has 0 saturated heterocycles. The van der Waals surface area contributed by atoms with Gasteiger partial charge in [-0.05, 0) is 58.9 Å². The van der Waals surface area contributed by atoms with Gasteiger partial charge in [0.25, 0.3) is 5.91 Å². The van der Waals surface area contributed by atoms with Gasteiger partial charge in [-0.3, -0.25) is 4.79 Å². The smallest absolute Gasteiger partial charge is 0.252 e. The fourth-order valence-electron chi connectivity index (χ4n) is 5.95. The molecule has 2 aliphatic heterocycles. The Morgan fingerprint density at radius 1 is 1.26 bits per heavy atom. The van der Waals surface area contributed by atoms with Crippen LogP contribution in [0.2, 0.25) is 0 Å². The van der Waals surface area contributed by atoms with Crippen LogP contribution >= 0.6 is 0 Å². The first-order chi connectivity index (χ1) is 15.1. The molecule has 6 nitrogen and oxygen atoms in total. The van der Waals surface area contributed by atoms with Crippen LogP contribution in [0.1, 0.15) is 38.5 Å². The summed E-state index contributed by atoms with van der Waals surface area (Å²) in [5, 5.41) is 12.9. The molecule has 31 heavy (non-hydrogen) atoms. The molecule has 0 bridgehead atoms. The molecule has 0 saturated carbocycles. The molecular formula is C25H25N3O3. The van der Waals surface area contributed by atoms with Crippen molar-refractivity contribution in [2.45, 2.75) is 31.3 Å². The van der Waals surface area contributed by atoms with Gasteiger partial charge in [0.15, 0.2) is 0 Å². The molecule has 6 heteroatoms. The molecule has 2 atom stereocenters. The second kappa shape index (κ2) is 6.62. The number of methoxy groups -OCH3 is 1. The highest BCUT2D eigenvalue weighted by Crippen LogP contribution is 2.54. The Labute approximate surface area is 181 Å². The number of nitrogens with two attached hydrogens (primary N) is 1. The van der Waals surface area contributed by atoms with Crippen LogP contribution in [0.3, 0.4) is 0 Å². The molecule has 2 unspecified atom stereocenters. The van der Waals surface area contributed by atoms with Gasteiger partial charge in [0, 0.05) is 36.0 Å². The molecule has 2 heterocycles. The van der Waals surface area contributed by atoms with Crippen molar-refractivity contribution in [3.8, 4) is 16.9 Å². The third kappa shape index (κ3) is 2.45. The topological polar surface area (TPSA) is 87.8 Å². The van der Waals surface area contributed by atoms with Crippen molar-refractivity contribution in [1.82, 2.24) is 5.32 Å². The summed E-state index contributed by atoms with van der Waals surface area (Å²) in [6.07, 6.45) is 7.94. The Hall–Kier alpha value is -3.25. The highest BCUT2D eigenvalue weighted by atomic mass is 16.5. The summed E-state index contributed by atoms with van der Waals surface area (Å²) in [4.78, 5) is 15.4. The van der Waals surface area contributed by atoms with Crippen LogP contribution in [-0.4, -0.2) is 37.3 Å². The molecule has 0 fully saturated rings. The van der Waals surface area contributed by atoms with Crippen molar-refractivity contribution in [1.29, 1.82) is 0 Å². The van der Waals surface area contributed by atoms with Gasteiger partial charge < -0.3 is 25.8 Å². The lowest BCUT2D eigenvalue weighted by Crippen LogP contribution is -2.36. The highest BCUT2D eigenvalue weighted by molar-refractivity contribution is 6.08. The summed E-state index contributed by atoms with van der Waals surface area (Å²) >= 11 is 0. The second-order valence-corrected chi connectivity index (χ2v) is 8.63. The minimum atomic E-state index is -0.00169. The van der Waals surface area contributed by atoms with E-state index in [0.29, 0.717) is 13.1 Å². The van der Waals surface area contributed by atoms with E-state index >= 15 is 0 Å². The van der Waals surface area contributed by atoms with Crippen LogP contribution in [0.15, 0.2) is 42.1 Å². The third-order valence-electron chi connectivity index (χ3n) is 7.15. The number of aryl methyl sites for hydroxylation is 1. The number of benzene rings is 2. The molecule has 0 aromatic heterocycles. The van der Waals surface area contributed by atoms with Gasteiger partial charge >= 0.3 is 0 Å². The van der Waals surface area contributed by atoms with Crippen LogP contribution < -0.4 is 20.7 Å². The minimum Gasteiger partial charge on any atom is -0.497 e. The summed E-state index contributed by atoms with van der Waals surface area (Å²) in [7, 11) is 1.68. The lowest BCUT2D eigenvalue weighted by molar-refractivity contribution is 0.0966. The summed E-state index contributed by atoms with van der Waals surface area (Å²) in [6, 6.07) is 6.25. The van der Waals surface area contributed by atoms with E-state index in [1.54, 1.807) is 7.11 Å². The van der Waals surface area contributed by atoms with E-state index in [-0.39, 0.29) is 24.5 Å². The molecule has 6 rings (SSSR count). The maximum atomic E-state index is 13.1. The summed E-state index contributed by atoms with van der Waals surface area (Å²) < 4.78 is 5.44. The first-order valence-electron chi connectivity index (χ1n) is 10.8. The Morgan fingerprint density at radius 3 is 2.94 bits per heavy atom. The number of carbonyl (C=O) groups excluding carboxylic acids is 1. The van der Waals surface area contributed by atoms with Crippen molar-refractivity contribution in [3.05, 3.63) is 69.9 Å². The average Bonchev–Trinajstić information content (AvgIpc) is 3.31. The molecule has 4 aliphatic rings. The van der Waals surface area contributed by atoms with Gasteiger partial charge in [-0.25, -0.2) is 0 Å². The van der Waals surface area contributed by atoms with Gasteiger partial charge in [0.05, 0.1) is 25.3 Å². The number of β-amino-alcohol motifs (C(OH)–C–C–N with tert-alkyl or cyclic N) is 1. The van der Waals surface area contributed by atoms with Crippen LogP contribution in [0.4, 0.5) is 5.69 Å². The Bertz CT molecular complexity index is 1200. The van der Waals surface area contributed by atoms with Crippen molar-refractivity contribution in [3.63, 3.8) is 0 Å². The normalized spacial score (nSPS) is 22.2. The predicted molar refractivity (Wildman–Crippen MR) is 119 cm³/mol. The molecule has 4 N–H and O–H groups in total. The summed E-state index contributed by atoms with van der Waals surface area (Å²) in [5.74, 6) is 0.928. The fourth-order valence-corrected chi connectivity index (χ4v) is 5.95. The molecule has 2 aromatic carbocycles. The number of nitrogens with one attached hydrogen (secondary N) is 1. The predicted octanol–water partition coefficient (Wildman–Crippen LogP) is 2.38. The number of amides is 1. The lowest BCUT2D eigenvalue weighted by atomic mass is 9.77. The van der Waals surface area contributed by atoms with Crippen molar-refractivity contribution in [2.24, 2.45) is 5.73 Å². The number of anilines is 1. The van der Waals surface area contributed by atoms with Gasteiger partial charge in [-0.15, -0.1) is 0 Å². The van der Waals surface area contributed by atoms with Gasteiger partial charge in [0.2, 0.25) is 0 Å². The Morgan fingerprint density at radius 2 is 2.13 bits per heavy atom. The van der Waals surface area contributed by atoms with E-state index in [1.165, 1.54) is 22.4 Å². The lowest BCUT2D eigenvalue weighted by Gasteiger charge is -2.31. The second-order valence-electron chi connectivity index (χ2n) is 8.63. The van der Waals surface area contributed by atoms with E-state index in [4.69, 9.17) is 10.5 Å².